The van der Waals surface area contributed by atoms with E-state index in [0.29, 0.717) is 22.9 Å². The van der Waals surface area contributed by atoms with Gasteiger partial charge in [-0.3, -0.25) is 15.5 Å². The Morgan fingerprint density at radius 1 is 1.04 bits per heavy atom. The maximum Gasteiger partial charge on any atom is 0.269 e. The van der Waals surface area contributed by atoms with Crippen LogP contribution < -0.4 is 19.6 Å². The summed E-state index contributed by atoms with van der Waals surface area (Å²) < 4.78 is 15.8. The maximum atomic E-state index is 10.6. The largest absolute Gasteiger partial charge is 0.493 e. The van der Waals surface area contributed by atoms with E-state index in [-0.39, 0.29) is 5.69 Å². The lowest BCUT2D eigenvalue weighted by Crippen LogP contribution is -1.97. The normalized spacial score (nSPS) is 10.5. The molecule has 0 aromatic heterocycles. The van der Waals surface area contributed by atoms with Crippen LogP contribution in [0.4, 0.5) is 11.4 Å². The summed E-state index contributed by atoms with van der Waals surface area (Å²) in [5, 5.41) is 14.7. The molecular weight excluding hydrogens is 314 g/mol. The molecule has 126 valence electrons. The molecule has 0 saturated carbocycles. The van der Waals surface area contributed by atoms with Crippen LogP contribution in [0.1, 0.15) is 5.56 Å². The molecule has 2 aromatic rings. The zero-order valence-electron chi connectivity index (χ0n) is 13.5. The van der Waals surface area contributed by atoms with Crippen LogP contribution in [0.3, 0.4) is 0 Å². The molecule has 1 N–H and O–H groups in total. The van der Waals surface area contributed by atoms with Gasteiger partial charge in [0, 0.05) is 24.3 Å². The number of hydrogen-bond acceptors (Lipinski definition) is 7. The highest BCUT2D eigenvalue weighted by atomic mass is 16.6. The second-order valence-electron chi connectivity index (χ2n) is 4.63. The number of ether oxygens (including phenoxy) is 3. The molecule has 0 atom stereocenters. The van der Waals surface area contributed by atoms with Gasteiger partial charge in [-0.1, -0.05) is 0 Å². The van der Waals surface area contributed by atoms with Crippen LogP contribution in [0.15, 0.2) is 41.5 Å². The van der Waals surface area contributed by atoms with Crippen LogP contribution in [-0.2, 0) is 0 Å². The fourth-order valence-corrected chi connectivity index (χ4v) is 2.01. The Morgan fingerprint density at radius 3 is 2.08 bits per heavy atom. The Labute approximate surface area is 138 Å². The monoisotopic (exact) mass is 331 g/mol. The van der Waals surface area contributed by atoms with Gasteiger partial charge >= 0.3 is 0 Å². The molecule has 0 fully saturated rings. The molecule has 0 aliphatic carbocycles. The number of nitrogens with zero attached hydrogens (tertiary/aromatic N) is 2. The second-order valence-corrected chi connectivity index (χ2v) is 4.63. The molecular formula is C16H17N3O5. The molecule has 0 aliphatic rings. The fraction of sp³-hybridized carbons (Fsp3) is 0.188. The predicted molar refractivity (Wildman–Crippen MR) is 90.4 cm³/mol. The van der Waals surface area contributed by atoms with Crippen LogP contribution in [0.25, 0.3) is 0 Å². The maximum absolute atomic E-state index is 10.6. The molecule has 2 aromatic carbocycles. The number of hydrazone groups is 1. The Morgan fingerprint density at radius 2 is 1.62 bits per heavy atom. The van der Waals surface area contributed by atoms with Crippen molar-refractivity contribution in [3.8, 4) is 17.2 Å². The van der Waals surface area contributed by atoms with Gasteiger partial charge in [0.05, 0.1) is 38.2 Å². The van der Waals surface area contributed by atoms with Gasteiger partial charge in [0.25, 0.3) is 5.69 Å². The molecule has 0 spiro atoms. The molecule has 0 heterocycles. The quantitative estimate of drug-likeness (QED) is 0.476. The van der Waals surface area contributed by atoms with Crippen LogP contribution in [0, 0.1) is 10.1 Å². The smallest absolute Gasteiger partial charge is 0.269 e. The number of methoxy groups -OCH3 is 3. The molecule has 0 unspecified atom stereocenters. The SMILES string of the molecule is COc1cc(N/N=C/c2ccc([N+](=O)[O-])cc2)cc(OC)c1OC. The minimum Gasteiger partial charge on any atom is -0.493 e. The molecule has 0 bridgehead atoms. The van der Waals surface area contributed by atoms with Gasteiger partial charge < -0.3 is 14.2 Å². The average molecular weight is 331 g/mol. The molecule has 8 heteroatoms. The van der Waals surface area contributed by atoms with Gasteiger partial charge in [0.2, 0.25) is 5.75 Å². The lowest BCUT2D eigenvalue weighted by atomic mass is 10.2. The first-order valence-electron chi connectivity index (χ1n) is 6.92. The minimum absolute atomic E-state index is 0.0322. The summed E-state index contributed by atoms with van der Waals surface area (Å²) >= 11 is 0. The van der Waals surface area contributed by atoms with Crippen molar-refractivity contribution in [2.45, 2.75) is 0 Å². The average Bonchev–Trinajstić information content (AvgIpc) is 2.61. The lowest BCUT2D eigenvalue weighted by Gasteiger charge is -2.13. The summed E-state index contributed by atoms with van der Waals surface area (Å²) in [5.74, 6) is 1.50. The summed E-state index contributed by atoms with van der Waals surface area (Å²) in [6.07, 6.45) is 1.55. The highest BCUT2D eigenvalue weighted by Gasteiger charge is 2.12. The topological polar surface area (TPSA) is 95.2 Å². The fourth-order valence-electron chi connectivity index (χ4n) is 2.01. The minimum atomic E-state index is -0.449. The van der Waals surface area contributed by atoms with E-state index < -0.39 is 4.92 Å². The molecule has 8 nitrogen and oxygen atoms in total. The molecule has 0 radical (unpaired) electrons. The standard InChI is InChI=1S/C16H17N3O5/c1-22-14-8-12(9-15(23-2)16(14)24-3)18-17-10-11-4-6-13(7-5-11)19(20)21/h4-10,18H,1-3H3/b17-10+. The molecule has 24 heavy (non-hydrogen) atoms. The Balaban J connectivity index is 2.14. The van der Waals surface area contributed by atoms with Gasteiger partial charge in [0.15, 0.2) is 11.5 Å². The zero-order valence-corrected chi connectivity index (χ0v) is 13.5. The van der Waals surface area contributed by atoms with Crippen LogP contribution in [-0.4, -0.2) is 32.5 Å². The third-order valence-corrected chi connectivity index (χ3v) is 3.18. The number of non-ortho nitro benzene ring substituents is 1. The Bertz CT molecular complexity index is 719. The second kappa shape index (κ2) is 7.82. The van der Waals surface area contributed by atoms with Gasteiger partial charge in [-0.05, 0) is 17.7 Å². The third kappa shape index (κ3) is 3.92. The van der Waals surface area contributed by atoms with E-state index in [1.807, 2.05) is 0 Å². The third-order valence-electron chi connectivity index (χ3n) is 3.18. The van der Waals surface area contributed by atoms with Crippen molar-refractivity contribution in [2.24, 2.45) is 5.10 Å². The van der Waals surface area contributed by atoms with Gasteiger partial charge in [-0.2, -0.15) is 5.10 Å². The van der Waals surface area contributed by atoms with Gasteiger partial charge in [-0.25, -0.2) is 0 Å². The van der Waals surface area contributed by atoms with E-state index in [9.17, 15) is 10.1 Å². The van der Waals surface area contributed by atoms with Crippen molar-refractivity contribution >= 4 is 17.6 Å². The number of benzene rings is 2. The number of rotatable bonds is 7. The number of nitrogens with one attached hydrogen (secondary N) is 1. The first-order valence-corrected chi connectivity index (χ1v) is 6.92. The highest BCUT2D eigenvalue weighted by Crippen LogP contribution is 2.39. The zero-order chi connectivity index (χ0) is 17.5. The van der Waals surface area contributed by atoms with Crippen molar-refractivity contribution in [1.29, 1.82) is 0 Å². The van der Waals surface area contributed by atoms with Crippen molar-refractivity contribution in [1.82, 2.24) is 0 Å². The van der Waals surface area contributed by atoms with Crippen molar-refractivity contribution in [2.75, 3.05) is 26.8 Å². The summed E-state index contributed by atoms with van der Waals surface area (Å²) in [4.78, 5) is 10.2. The first-order chi connectivity index (χ1) is 11.6. The number of anilines is 1. The van der Waals surface area contributed by atoms with Crippen LogP contribution in [0.2, 0.25) is 0 Å². The summed E-state index contributed by atoms with van der Waals surface area (Å²) in [7, 11) is 4.59. The molecule has 0 saturated heterocycles. The van der Waals surface area contributed by atoms with Crippen molar-refractivity contribution in [3.63, 3.8) is 0 Å². The number of hydrogen-bond donors (Lipinski definition) is 1. The summed E-state index contributed by atoms with van der Waals surface area (Å²) in [6.45, 7) is 0. The molecule has 0 amide bonds. The van der Waals surface area contributed by atoms with Crippen molar-refractivity contribution < 1.29 is 19.1 Å². The number of nitro groups is 1. The summed E-state index contributed by atoms with van der Waals surface area (Å²) in [6, 6.07) is 9.49. The predicted octanol–water partition coefficient (Wildman–Crippen LogP) is 3.07. The van der Waals surface area contributed by atoms with E-state index in [4.69, 9.17) is 14.2 Å². The van der Waals surface area contributed by atoms with E-state index >= 15 is 0 Å². The molecule has 0 aliphatic heterocycles. The van der Waals surface area contributed by atoms with Crippen molar-refractivity contribution in [3.05, 3.63) is 52.1 Å². The molecule has 2 rings (SSSR count). The highest BCUT2D eigenvalue weighted by molar-refractivity contribution is 5.80. The Hall–Kier alpha value is -3.29. The Kier molecular flexibility index (Phi) is 5.56. The van der Waals surface area contributed by atoms with Crippen LogP contribution >= 0.6 is 0 Å². The van der Waals surface area contributed by atoms with Gasteiger partial charge in [0.1, 0.15) is 0 Å². The first kappa shape index (κ1) is 17.1. The lowest BCUT2D eigenvalue weighted by molar-refractivity contribution is -0.384. The van der Waals surface area contributed by atoms with Crippen LogP contribution in [0.5, 0.6) is 17.2 Å². The summed E-state index contributed by atoms with van der Waals surface area (Å²) in [5.41, 5.74) is 4.25. The van der Waals surface area contributed by atoms with Gasteiger partial charge in [-0.15, -0.1) is 0 Å². The van der Waals surface area contributed by atoms with E-state index in [1.54, 1.807) is 30.5 Å². The van der Waals surface area contributed by atoms with E-state index in [0.717, 1.165) is 5.56 Å². The van der Waals surface area contributed by atoms with E-state index in [2.05, 4.69) is 10.5 Å². The van der Waals surface area contributed by atoms with E-state index in [1.165, 1.54) is 33.5 Å². The number of nitro benzene ring substituents is 1.